The number of urea groups is 1. The summed E-state index contributed by atoms with van der Waals surface area (Å²) in [6, 6.07) is 20.0. The van der Waals surface area contributed by atoms with Crippen molar-refractivity contribution in [1.82, 2.24) is 10.2 Å². The highest BCUT2D eigenvalue weighted by atomic mass is 16.7. The third kappa shape index (κ3) is 6.91. The highest BCUT2D eigenvalue weighted by Crippen LogP contribution is 2.55. The molecule has 2 amide bonds. The summed E-state index contributed by atoms with van der Waals surface area (Å²) in [6.07, 6.45) is 8.28. The molecular formula is C40H49N3O6. The number of hydrogen-bond donors (Lipinski definition) is 3. The summed E-state index contributed by atoms with van der Waals surface area (Å²) in [5.74, 6) is 3.85. The van der Waals surface area contributed by atoms with E-state index in [1.807, 2.05) is 48.5 Å². The molecule has 3 atom stereocenters. The van der Waals surface area contributed by atoms with E-state index in [4.69, 9.17) is 18.9 Å². The molecule has 49 heavy (non-hydrogen) atoms. The Morgan fingerprint density at radius 3 is 2.12 bits per heavy atom. The van der Waals surface area contributed by atoms with Gasteiger partial charge < -0.3 is 34.7 Å². The van der Waals surface area contributed by atoms with Gasteiger partial charge in [-0.3, -0.25) is 4.90 Å². The molecule has 9 rings (SSSR count). The topological polar surface area (TPSA) is 102 Å². The molecule has 3 aromatic rings. The molecule has 0 aromatic heterocycles. The fourth-order valence-corrected chi connectivity index (χ4v) is 9.81. The van der Waals surface area contributed by atoms with Gasteiger partial charge in [0.25, 0.3) is 0 Å². The Hall–Kier alpha value is -3.63. The predicted octanol–water partition coefficient (Wildman–Crippen LogP) is 6.89. The molecule has 9 nitrogen and oxygen atoms in total. The largest absolute Gasteiger partial charge is 0.493 e. The van der Waals surface area contributed by atoms with Crippen LogP contribution in [0.3, 0.4) is 0 Å². The average Bonchev–Trinajstić information content (AvgIpc) is 3.10. The lowest BCUT2D eigenvalue weighted by atomic mass is 9.53. The molecule has 0 spiro atoms. The van der Waals surface area contributed by atoms with Crippen molar-refractivity contribution < 1.29 is 28.8 Å². The van der Waals surface area contributed by atoms with Crippen LogP contribution in [0.2, 0.25) is 0 Å². The number of nitrogens with one attached hydrogen (secondary N) is 2. The van der Waals surface area contributed by atoms with Crippen LogP contribution in [0.4, 0.5) is 10.5 Å². The number of fused-ring (bicyclic) bond motifs is 1. The zero-order valence-electron chi connectivity index (χ0n) is 28.7. The van der Waals surface area contributed by atoms with E-state index in [-0.39, 0.29) is 30.4 Å². The maximum Gasteiger partial charge on any atom is 0.319 e. The first-order valence-electron chi connectivity index (χ1n) is 18.0. The second kappa shape index (κ2) is 13.6. The minimum Gasteiger partial charge on any atom is -0.493 e. The van der Waals surface area contributed by atoms with Crippen LogP contribution in [0.25, 0.3) is 0 Å². The van der Waals surface area contributed by atoms with Gasteiger partial charge in [-0.15, -0.1) is 0 Å². The van der Waals surface area contributed by atoms with Gasteiger partial charge in [0.2, 0.25) is 0 Å². The van der Waals surface area contributed by atoms with Crippen molar-refractivity contribution in [3.63, 3.8) is 0 Å². The van der Waals surface area contributed by atoms with E-state index in [0.29, 0.717) is 6.42 Å². The quantitative estimate of drug-likeness (QED) is 0.229. The number of amides is 2. The zero-order chi connectivity index (χ0) is 33.5. The van der Waals surface area contributed by atoms with Crippen molar-refractivity contribution in [3.05, 3.63) is 88.5 Å². The molecule has 5 fully saturated rings. The fourth-order valence-electron chi connectivity index (χ4n) is 9.81. The van der Waals surface area contributed by atoms with Gasteiger partial charge in [-0.2, -0.15) is 0 Å². The molecule has 3 aromatic carbocycles. The standard InChI is InChI=1S/C40H49N3O6/c1-46-36-16-31-11-12-43(22-32(31)17-37(36)47-2)23-34-18-35(29-5-3-25(24-44)4-6-29)49-38(48-34)30-7-9-33(10-8-30)41-39(45)42-40-19-26-13-27(20-40)15-28(14-26)21-40/h3-10,16-17,26-28,34-35,38,44H,11-15,18-24H2,1-2H3,(H2,41,42,45)/t26?,27?,28?,34-,35+,38+,40?/m1/s1. The molecule has 4 saturated carbocycles. The van der Waals surface area contributed by atoms with Crippen LogP contribution < -0.4 is 20.1 Å². The smallest absolute Gasteiger partial charge is 0.319 e. The van der Waals surface area contributed by atoms with E-state index < -0.39 is 6.29 Å². The molecule has 0 unspecified atom stereocenters. The molecule has 260 valence electrons. The highest BCUT2D eigenvalue weighted by molar-refractivity contribution is 5.89. The van der Waals surface area contributed by atoms with E-state index in [1.165, 1.54) is 30.4 Å². The molecule has 1 saturated heterocycles. The van der Waals surface area contributed by atoms with Crippen molar-refractivity contribution in [2.75, 3.05) is 32.6 Å². The Kier molecular flexibility index (Phi) is 9.03. The van der Waals surface area contributed by atoms with Gasteiger partial charge in [-0.05, 0) is 109 Å². The molecule has 3 N–H and O–H groups in total. The van der Waals surface area contributed by atoms with E-state index in [1.54, 1.807) is 14.2 Å². The van der Waals surface area contributed by atoms with Crippen molar-refractivity contribution in [1.29, 1.82) is 0 Å². The molecule has 6 aliphatic rings. The second-order valence-electron chi connectivity index (χ2n) is 15.2. The lowest BCUT2D eigenvalue weighted by molar-refractivity contribution is -0.253. The van der Waals surface area contributed by atoms with Crippen LogP contribution >= 0.6 is 0 Å². The van der Waals surface area contributed by atoms with Gasteiger partial charge >= 0.3 is 6.03 Å². The average molecular weight is 668 g/mol. The number of hydrogen-bond acceptors (Lipinski definition) is 7. The maximum atomic E-state index is 13.2. The fraction of sp³-hybridized carbons (Fsp3) is 0.525. The highest BCUT2D eigenvalue weighted by Gasteiger charge is 2.51. The van der Waals surface area contributed by atoms with Gasteiger partial charge in [0.1, 0.15) is 0 Å². The van der Waals surface area contributed by atoms with Crippen molar-refractivity contribution in [3.8, 4) is 11.5 Å². The maximum absolute atomic E-state index is 13.2. The summed E-state index contributed by atoms with van der Waals surface area (Å²) in [5, 5.41) is 16.1. The van der Waals surface area contributed by atoms with Crippen LogP contribution in [0.15, 0.2) is 60.7 Å². The third-order valence-electron chi connectivity index (χ3n) is 11.7. The number of rotatable bonds is 9. The number of methoxy groups -OCH3 is 2. The number of nitrogens with zero attached hydrogens (tertiary/aromatic N) is 1. The molecule has 2 heterocycles. The summed E-state index contributed by atoms with van der Waals surface area (Å²) < 4.78 is 24.4. The monoisotopic (exact) mass is 667 g/mol. The Balaban J connectivity index is 0.952. The van der Waals surface area contributed by atoms with Crippen LogP contribution in [0, 0.1) is 17.8 Å². The number of ether oxygens (including phenoxy) is 4. The summed E-state index contributed by atoms with van der Waals surface area (Å²) in [4.78, 5) is 15.6. The van der Waals surface area contributed by atoms with Gasteiger partial charge in [0.15, 0.2) is 17.8 Å². The Bertz CT molecular complexity index is 1610. The van der Waals surface area contributed by atoms with Crippen LogP contribution in [0.5, 0.6) is 11.5 Å². The number of anilines is 1. The minimum atomic E-state index is -0.558. The normalized spacial score (nSPS) is 30.4. The first kappa shape index (κ1) is 32.6. The second-order valence-corrected chi connectivity index (χ2v) is 15.2. The lowest BCUT2D eigenvalue weighted by Crippen LogP contribution is -2.60. The third-order valence-corrected chi connectivity index (χ3v) is 11.7. The number of benzene rings is 3. The van der Waals surface area contributed by atoms with E-state index in [9.17, 15) is 9.90 Å². The van der Waals surface area contributed by atoms with Crippen LogP contribution in [-0.4, -0.2) is 55.0 Å². The van der Waals surface area contributed by atoms with Crippen molar-refractivity contribution in [2.45, 2.75) is 88.6 Å². The number of carbonyl (C=O) groups excluding carboxylic acids is 1. The summed E-state index contributed by atoms with van der Waals surface area (Å²) in [5.41, 5.74) is 6.12. The first-order valence-corrected chi connectivity index (χ1v) is 18.0. The zero-order valence-corrected chi connectivity index (χ0v) is 28.7. The minimum absolute atomic E-state index is 0.00814. The molecule has 4 aliphatic carbocycles. The van der Waals surface area contributed by atoms with Crippen LogP contribution in [0.1, 0.15) is 85.2 Å². The number of aliphatic hydroxyl groups is 1. The Morgan fingerprint density at radius 2 is 1.49 bits per heavy atom. The summed E-state index contributed by atoms with van der Waals surface area (Å²) in [7, 11) is 3.35. The summed E-state index contributed by atoms with van der Waals surface area (Å²) >= 11 is 0. The molecular weight excluding hydrogens is 618 g/mol. The predicted molar refractivity (Wildman–Crippen MR) is 186 cm³/mol. The Morgan fingerprint density at radius 1 is 0.857 bits per heavy atom. The van der Waals surface area contributed by atoms with Crippen molar-refractivity contribution in [2.24, 2.45) is 17.8 Å². The summed E-state index contributed by atoms with van der Waals surface area (Å²) in [6.45, 7) is 2.51. The van der Waals surface area contributed by atoms with Gasteiger partial charge in [-0.1, -0.05) is 36.4 Å². The Labute approximate surface area is 289 Å². The van der Waals surface area contributed by atoms with E-state index >= 15 is 0 Å². The molecule has 4 bridgehead atoms. The van der Waals surface area contributed by atoms with E-state index in [2.05, 4.69) is 27.7 Å². The lowest BCUT2D eigenvalue weighted by Gasteiger charge is -2.56. The molecule has 2 aliphatic heterocycles. The SMILES string of the molecule is COc1cc2c(cc1OC)CN(C[C@H]1C[C@@H](c3ccc(CO)cc3)O[C@@H](c3ccc(NC(=O)NC45CC6CC(CC(C6)C4)C5)cc3)O1)CC2. The number of carbonyl (C=O) groups is 1. The van der Waals surface area contributed by atoms with Gasteiger partial charge in [0, 0.05) is 42.8 Å². The van der Waals surface area contributed by atoms with Gasteiger partial charge in [0.05, 0.1) is 33.0 Å². The molecule has 0 radical (unpaired) electrons. The van der Waals surface area contributed by atoms with Gasteiger partial charge in [-0.25, -0.2) is 4.79 Å². The van der Waals surface area contributed by atoms with Crippen molar-refractivity contribution >= 4 is 11.7 Å². The first-order chi connectivity index (χ1) is 23.9. The van der Waals surface area contributed by atoms with E-state index in [0.717, 1.165) is 96.9 Å². The molecule has 9 heteroatoms. The van der Waals surface area contributed by atoms with Crippen LogP contribution in [-0.2, 0) is 29.0 Å². The number of aliphatic hydroxyl groups excluding tert-OH is 1.